The third-order valence-electron chi connectivity index (χ3n) is 1.88. The molecule has 0 aliphatic rings. The van der Waals surface area contributed by atoms with Crippen LogP contribution in [0.25, 0.3) is 0 Å². The SMILES string of the molecule is CCCCCCCCNOCC. The summed E-state index contributed by atoms with van der Waals surface area (Å²) in [5.41, 5.74) is 2.93. The largest absolute Gasteiger partial charge is 0.302 e. The molecule has 0 fully saturated rings. The molecule has 1 N–H and O–H groups in total. The Balaban J connectivity index is 2.73. The molecule has 2 nitrogen and oxygen atoms in total. The molecule has 0 aromatic heterocycles. The van der Waals surface area contributed by atoms with E-state index in [1.165, 1.54) is 38.5 Å². The van der Waals surface area contributed by atoms with Crippen molar-refractivity contribution in [3.63, 3.8) is 0 Å². The Morgan fingerprint density at radius 2 is 1.58 bits per heavy atom. The predicted octanol–water partition coefficient (Wildman–Crippen LogP) is 2.89. The van der Waals surface area contributed by atoms with Crippen molar-refractivity contribution in [2.75, 3.05) is 13.2 Å². The van der Waals surface area contributed by atoms with Crippen LogP contribution in [0.15, 0.2) is 0 Å². The van der Waals surface area contributed by atoms with Crippen LogP contribution < -0.4 is 5.48 Å². The molecule has 0 spiro atoms. The van der Waals surface area contributed by atoms with Crippen molar-refractivity contribution in [2.45, 2.75) is 52.4 Å². The molecule has 0 unspecified atom stereocenters. The highest BCUT2D eigenvalue weighted by Gasteiger charge is 1.89. The Morgan fingerprint density at radius 3 is 2.25 bits per heavy atom. The zero-order chi connectivity index (χ0) is 9.07. The molecule has 0 aromatic rings. The third kappa shape index (κ3) is 9.92. The second kappa shape index (κ2) is 10.9. The summed E-state index contributed by atoms with van der Waals surface area (Å²) in [6, 6.07) is 0. The highest BCUT2D eigenvalue weighted by molar-refractivity contribution is 4.44. The van der Waals surface area contributed by atoms with Gasteiger partial charge in [-0.15, -0.1) is 0 Å². The van der Waals surface area contributed by atoms with Gasteiger partial charge >= 0.3 is 0 Å². The average Bonchev–Trinajstić information content (AvgIpc) is 2.10. The number of hydrogen-bond acceptors (Lipinski definition) is 2. The quantitative estimate of drug-likeness (QED) is 0.427. The van der Waals surface area contributed by atoms with Gasteiger partial charge in [0, 0.05) is 6.54 Å². The molecule has 0 radical (unpaired) electrons. The lowest BCUT2D eigenvalue weighted by Crippen LogP contribution is -2.15. The minimum absolute atomic E-state index is 0.760. The zero-order valence-corrected chi connectivity index (χ0v) is 8.57. The number of rotatable bonds is 9. The Morgan fingerprint density at radius 1 is 0.917 bits per heavy atom. The normalized spacial score (nSPS) is 10.5. The second-order valence-electron chi connectivity index (χ2n) is 3.10. The molecule has 74 valence electrons. The van der Waals surface area contributed by atoms with E-state index in [0.29, 0.717) is 0 Å². The summed E-state index contributed by atoms with van der Waals surface area (Å²) in [5.74, 6) is 0. The monoisotopic (exact) mass is 173 g/mol. The van der Waals surface area contributed by atoms with Gasteiger partial charge in [0.05, 0.1) is 6.61 Å². The summed E-state index contributed by atoms with van der Waals surface area (Å²) in [5, 5.41) is 0. The predicted molar refractivity (Wildman–Crippen MR) is 53.0 cm³/mol. The Kier molecular flexibility index (Phi) is 10.8. The molecule has 0 atom stereocenters. The second-order valence-corrected chi connectivity index (χ2v) is 3.10. The van der Waals surface area contributed by atoms with Gasteiger partial charge in [-0.2, -0.15) is 0 Å². The topological polar surface area (TPSA) is 21.3 Å². The van der Waals surface area contributed by atoms with E-state index in [1.54, 1.807) is 0 Å². The number of nitrogens with one attached hydrogen (secondary N) is 1. The maximum absolute atomic E-state index is 5.01. The maximum Gasteiger partial charge on any atom is 0.0653 e. The summed E-state index contributed by atoms with van der Waals surface area (Å²) >= 11 is 0. The molecule has 0 rings (SSSR count). The van der Waals surface area contributed by atoms with Crippen LogP contribution in [0, 0.1) is 0 Å². The molecular weight excluding hydrogens is 150 g/mol. The molecule has 0 heterocycles. The van der Waals surface area contributed by atoms with Crippen molar-refractivity contribution in [1.82, 2.24) is 5.48 Å². The van der Waals surface area contributed by atoms with Crippen LogP contribution in [0.5, 0.6) is 0 Å². The van der Waals surface area contributed by atoms with Gasteiger partial charge in [-0.3, -0.25) is 0 Å². The van der Waals surface area contributed by atoms with Crippen molar-refractivity contribution in [3.05, 3.63) is 0 Å². The van der Waals surface area contributed by atoms with E-state index in [1.807, 2.05) is 6.92 Å². The molecule has 0 aliphatic carbocycles. The molecule has 0 aliphatic heterocycles. The van der Waals surface area contributed by atoms with E-state index in [-0.39, 0.29) is 0 Å². The van der Waals surface area contributed by atoms with Gasteiger partial charge in [0.1, 0.15) is 0 Å². The third-order valence-corrected chi connectivity index (χ3v) is 1.88. The van der Waals surface area contributed by atoms with Crippen LogP contribution >= 0.6 is 0 Å². The lowest BCUT2D eigenvalue weighted by Gasteiger charge is -2.02. The smallest absolute Gasteiger partial charge is 0.0653 e. The van der Waals surface area contributed by atoms with Crippen LogP contribution in [0.1, 0.15) is 52.4 Å². The standard InChI is InChI=1S/C10H23NO/c1-3-5-6-7-8-9-10-11-12-4-2/h11H,3-10H2,1-2H3. The lowest BCUT2D eigenvalue weighted by molar-refractivity contribution is 0.0500. The summed E-state index contributed by atoms with van der Waals surface area (Å²) in [4.78, 5) is 5.01. The molecule has 0 bridgehead atoms. The molecule has 0 saturated carbocycles. The van der Waals surface area contributed by atoms with Crippen molar-refractivity contribution in [3.8, 4) is 0 Å². The number of unbranched alkanes of at least 4 members (excludes halogenated alkanes) is 5. The van der Waals surface area contributed by atoms with Crippen molar-refractivity contribution in [2.24, 2.45) is 0 Å². The summed E-state index contributed by atoms with van der Waals surface area (Å²) in [6.07, 6.45) is 8.06. The van der Waals surface area contributed by atoms with E-state index in [0.717, 1.165) is 13.2 Å². The van der Waals surface area contributed by atoms with Crippen molar-refractivity contribution in [1.29, 1.82) is 0 Å². The first-order valence-electron chi connectivity index (χ1n) is 5.26. The molecule has 0 amide bonds. The van der Waals surface area contributed by atoms with E-state index >= 15 is 0 Å². The van der Waals surface area contributed by atoms with Gasteiger partial charge in [0.25, 0.3) is 0 Å². The summed E-state index contributed by atoms with van der Waals surface area (Å²) < 4.78 is 0. The van der Waals surface area contributed by atoms with Gasteiger partial charge in [-0.05, 0) is 13.3 Å². The van der Waals surface area contributed by atoms with Gasteiger partial charge < -0.3 is 4.84 Å². The van der Waals surface area contributed by atoms with Crippen LogP contribution in [-0.2, 0) is 4.84 Å². The molecule has 0 saturated heterocycles. The highest BCUT2D eigenvalue weighted by Crippen LogP contribution is 2.03. The van der Waals surface area contributed by atoms with Gasteiger partial charge in [0.2, 0.25) is 0 Å². The van der Waals surface area contributed by atoms with Crippen LogP contribution in [-0.4, -0.2) is 13.2 Å². The fourth-order valence-electron chi connectivity index (χ4n) is 1.15. The van der Waals surface area contributed by atoms with E-state index in [4.69, 9.17) is 4.84 Å². The molecular formula is C10H23NO. The Hall–Kier alpha value is -0.0800. The van der Waals surface area contributed by atoms with Crippen LogP contribution in [0.4, 0.5) is 0 Å². The van der Waals surface area contributed by atoms with Gasteiger partial charge in [0.15, 0.2) is 0 Å². The van der Waals surface area contributed by atoms with Crippen LogP contribution in [0.3, 0.4) is 0 Å². The molecule has 0 aromatic carbocycles. The molecule has 12 heavy (non-hydrogen) atoms. The van der Waals surface area contributed by atoms with E-state index < -0.39 is 0 Å². The van der Waals surface area contributed by atoms with E-state index in [2.05, 4.69) is 12.4 Å². The summed E-state index contributed by atoms with van der Waals surface area (Å²) in [6.45, 7) is 6.00. The Labute approximate surface area is 76.6 Å². The highest BCUT2D eigenvalue weighted by atomic mass is 16.6. The lowest BCUT2D eigenvalue weighted by atomic mass is 10.1. The van der Waals surface area contributed by atoms with Crippen LogP contribution in [0.2, 0.25) is 0 Å². The number of hydroxylamine groups is 1. The molecule has 2 heteroatoms. The Bertz CT molecular complexity index is 66.2. The first-order chi connectivity index (χ1) is 5.91. The summed E-state index contributed by atoms with van der Waals surface area (Å²) in [7, 11) is 0. The van der Waals surface area contributed by atoms with Crippen molar-refractivity contribution < 1.29 is 4.84 Å². The maximum atomic E-state index is 5.01. The minimum atomic E-state index is 0.760. The fourth-order valence-corrected chi connectivity index (χ4v) is 1.15. The number of hydrogen-bond donors (Lipinski definition) is 1. The van der Waals surface area contributed by atoms with E-state index in [9.17, 15) is 0 Å². The average molecular weight is 173 g/mol. The van der Waals surface area contributed by atoms with Crippen molar-refractivity contribution >= 4 is 0 Å². The first-order valence-corrected chi connectivity index (χ1v) is 5.26. The first kappa shape index (κ1) is 11.9. The minimum Gasteiger partial charge on any atom is -0.302 e. The zero-order valence-electron chi connectivity index (χ0n) is 8.57. The van der Waals surface area contributed by atoms with Gasteiger partial charge in [-0.25, -0.2) is 5.48 Å². The fraction of sp³-hybridized carbons (Fsp3) is 1.00. The van der Waals surface area contributed by atoms with Gasteiger partial charge in [-0.1, -0.05) is 39.0 Å².